The molecule has 0 aromatic carbocycles. The second kappa shape index (κ2) is 6.94. The molecule has 0 saturated heterocycles. The summed E-state index contributed by atoms with van der Waals surface area (Å²) in [5.74, 6) is -0.930. The van der Waals surface area contributed by atoms with E-state index < -0.39 is 5.97 Å². The molecule has 0 aliphatic rings. The molecule has 0 radical (unpaired) electrons. The molecule has 0 spiro atoms. The fraction of sp³-hybridized carbons (Fsp3) is 0.385. The van der Waals surface area contributed by atoms with Crippen molar-refractivity contribution in [3.8, 4) is 10.6 Å². The van der Waals surface area contributed by atoms with Crippen LogP contribution in [0.4, 0.5) is 0 Å². The average molecular weight is 312 g/mol. The molecule has 0 unspecified atom stereocenters. The quantitative estimate of drug-likeness (QED) is 0.818. The van der Waals surface area contributed by atoms with Crippen molar-refractivity contribution in [1.82, 2.24) is 9.88 Å². The molecule has 20 heavy (non-hydrogen) atoms. The van der Waals surface area contributed by atoms with Gasteiger partial charge in [0.25, 0.3) is 0 Å². The molecular formula is C13H16N2O3S2. The van der Waals surface area contributed by atoms with E-state index in [0.717, 1.165) is 16.4 Å². The van der Waals surface area contributed by atoms with Gasteiger partial charge in [0, 0.05) is 19.5 Å². The maximum atomic E-state index is 11.3. The number of rotatable bonds is 7. The second-order valence-corrected chi connectivity index (χ2v) is 6.38. The summed E-state index contributed by atoms with van der Waals surface area (Å²) in [6.07, 6.45) is 0.687. The zero-order valence-corrected chi connectivity index (χ0v) is 12.7. The van der Waals surface area contributed by atoms with Crippen LogP contribution in [0.2, 0.25) is 0 Å². The van der Waals surface area contributed by atoms with Gasteiger partial charge in [-0.2, -0.15) is 0 Å². The van der Waals surface area contributed by atoms with Crippen LogP contribution in [-0.2, 0) is 6.42 Å². The van der Waals surface area contributed by atoms with Gasteiger partial charge in [-0.15, -0.1) is 22.7 Å². The Morgan fingerprint density at radius 1 is 1.45 bits per heavy atom. The minimum Gasteiger partial charge on any atom is -0.477 e. The number of aliphatic hydroxyl groups excluding tert-OH is 1. The van der Waals surface area contributed by atoms with Crippen LogP contribution in [0, 0.1) is 0 Å². The lowest BCUT2D eigenvalue weighted by atomic mass is 10.3. The molecular weight excluding hydrogens is 296 g/mol. The fourth-order valence-electron chi connectivity index (χ4n) is 1.77. The number of aromatic nitrogens is 1. The number of thiazole rings is 1. The summed E-state index contributed by atoms with van der Waals surface area (Å²) in [6.45, 7) is 1.47. The van der Waals surface area contributed by atoms with Crippen LogP contribution in [0.15, 0.2) is 17.5 Å². The zero-order valence-electron chi connectivity index (χ0n) is 11.1. The van der Waals surface area contributed by atoms with E-state index >= 15 is 0 Å². The fourth-order valence-corrected chi connectivity index (χ4v) is 3.46. The van der Waals surface area contributed by atoms with Crippen LogP contribution in [0.3, 0.4) is 0 Å². The van der Waals surface area contributed by atoms with E-state index in [-0.39, 0.29) is 6.61 Å². The topological polar surface area (TPSA) is 73.7 Å². The summed E-state index contributed by atoms with van der Waals surface area (Å²) in [7, 11) is 1.92. The van der Waals surface area contributed by atoms with E-state index in [1.54, 1.807) is 0 Å². The first-order valence-electron chi connectivity index (χ1n) is 6.18. The number of nitrogens with zero attached hydrogens (tertiary/aromatic N) is 2. The first-order valence-corrected chi connectivity index (χ1v) is 7.87. The van der Waals surface area contributed by atoms with E-state index in [2.05, 4.69) is 4.98 Å². The summed E-state index contributed by atoms with van der Waals surface area (Å²) >= 11 is 2.72. The van der Waals surface area contributed by atoms with Gasteiger partial charge in [0.15, 0.2) is 0 Å². The van der Waals surface area contributed by atoms with Crippen molar-refractivity contribution >= 4 is 28.6 Å². The van der Waals surface area contributed by atoms with Crippen LogP contribution in [0.25, 0.3) is 10.6 Å². The van der Waals surface area contributed by atoms with Crippen molar-refractivity contribution in [1.29, 1.82) is 0 Å². The summed E-state index contributed by atoms with van der Waals surface area (Å²) in [6, 6.07) is 3.77. The number of hydrogen-bond acceptors (Lipinski definition) is 6. The summed E-state index contributed by atoms with van der Waals surface area (Å²) in [4.78, 5) is 18.9. The molecule has 0 bridgehead atoms. The van der Waals surface area contributed by atoms with Gasteiger partial charge in [-0.3, -0.25) is 0 Å². The molecule has 7 heteroatoms. The summed E-state index contributed by atoms with van der Waals surface area (Å²) < 4.78 is 0. The molecule has 0 atom stereocenters. The number of carbonyl (C=O) groups is 1. The Kier molecular flexibility index (Phi) is 5.24. The normalized spacial score (nSPS) is 11.2. The first kappa shape index (κ1) is 15.1. The van der Waals surface area contributed by atoms with Crippen LogP contribution in [0.1, 0.15) is 14.7 Å². The van der Waals surface area contributed by atoms with Gasteiger partial charge in [-0.05, 0) is 18.5 Å². The molecule has 108 valence electrons. The highest BCUT2D eigenvalue weighted by molar-refractivity contribution is 7.16. The van der Waals surface area contributed by atoms with Crippen molar-refractivity contribution in [3.63, 3.8) is 0 Å². The average Bonchev–Trinajstić information content (AvgIpc) is 3.05. The third-order valence-electron chi connectivity index (χ3n) is 2.81. The number of likely N-dealkylation sites (N-methyl/N-ethyl adjacent to an activating group) is 1. The molecule has 0 aliphatic carbocycles. The molecule has 0 saturated carbocycles. The van der Waals surface area contributed by atoms with E-state index in [1.807, 2.05) is 29.5 Å². The zero-order chi connectivity index (χ0) is 14.5. The number of carboxylic acids is 1. The Morgan fingerprint density at radius 3 is 2.85 bits per heavy atom. The Balaban J connectivity index is 2.16. The SMILES string of the molecule is CN(CCO)CCc1nc(-c2cccs2)c(C(=O)O)s1. The lowest BCUT2D eigenvalue weighted by Gasteiger charge is -2.13. The second-order valence-electron chi connectivity index (χ2n) is 4.34. The van der Waals surface area contributed by atoms with Crippen molar-refractivity contribution in [2.24, 2.45) is 0 Å². The van der Waals surface area contributed by atoms with Crippen LogP contribution in [0.5, 0.6) is 0 Å². The minimum absolute atomic E-state index is 0.120. The van der Waals surface area contributed by atoms with Gasteiger partial charge in [0.1, 0.15) is 10.6 Å². The number of carboxylic acid groups (broad SMARTS) is 1. The molecule has 2 N–H and O–H groups in total. The van der Waals surface area contributed by atoms with Crippen molar-refractivity contribution in [2.45, 2.75) is 6.42 Å². The Labute approximate surface area is 125 Å². The van der Waals surface area contributed by atoms with Crippen LogP contribution < -0.4 is 0 Å². The molecule has 0 aliphatic heterocycles. The number of thiophene rings is 1. The monoisotopic (exact) mass is 312 g/mol. The van der Waals surface area contributed by atoms with E-state index in [4.69, 9.17) is 5.11 Å². The highest BCUT2D eigenvalue weighted by atomic mass is 32.1. The van der Waals surface area contributed by atoms with Gasteiger partial charge >= 0.3 is 5.97 Å². The van der Waals surface area contributed by atoms with Crippen molar-refractivity contribution in [2.75, 3.05) is 26.7 Å². The summed E-state index contributed by atoms with van der Waals surface area (Å²) in [5, 5.41) is 20.8. The van der Waals surface area contributed by atoms with Gasteiger partial charge in [0.2, 0.25) is 0 Å². The number of aromatic carboxylic acids is 1. The minimum atomic E-state index is -0.930. The highest BCUT2D eigenvalue weighted by Crippen LogP contribution is 2.31. The van der Waals surface area contributed by atoms with Crippen LogP contribution >= 0.6 is 22.7 Å². The van der Waals surface area contributed by atoms with E-state index in [0.29, 0.717) is 23.5 Å². The first-order chi connectivity index (χ1) is 9.61. The predicted molar refractivity (Wildman–Crippen MR) is 80.7 cm³/mol. The molecule has 2 aromatic heterocycles. The third kappa shape index (κ3) is 3.63. The van der Waals surface area contributed by atoms with Gasteiger partial charge in [-0.1, -0.05) is 6.07 Å². The van der Waals surface area contributed by atoms with Gasteiger partial charge in [-0.25, -0.2) is 9.78 Å². The van der Waals surface area contributed by atoms with Crippen molar-refractivity contribution < 1.29 is 15.0 Å². The molecule has 2 heterocycles. The molecule has 0 amide bonds. The Bertz CT molecular complexity index is 566. The molecule has 0 fully saturated rings. The van der Waals surface area contributed by atoms with Crippen molar-refractivity contribution in [3.05, 3.63) is 27.4 Å². The smallest absolute Gasteiger partial charge is 0.348 e. The van der Waals surface area contributed by atoms with Gasteiger partial charge in [0.05, 0.1) is 16.5 Å². The Hall–Kier alpha value is -1.28. The standard InChI is InChI=1S/C13H16N2O3S2/c1-15(6-7-16)5-4-10-14-11(9-3-2-8-19-9)12(20-10)13(17)18/h2-3,8,16H,4-7H2,1H3,(H,17,18). The largest absolute Gasteiger partial charge is 0.477 e. The van der Waals surface area contributed by atoms with E-state index in [1.165, 1.54) is 22.7 Å². The predicted octanol–water partition coefficient (Wildman–Crippen LogP) is 2.04. The summed E-state index contributed by atoms with van der Waals surface area (Å²) in [5.41, 5.74) is 0.567. The van der Waals surface area contributed by atoms with E-state index in [9.17, 15) is 9.90 Å². The maximum Gasteiger partial charge on any atom is 0.348 e. The Morgan fingerprint density at radius 2 is 2.25 bits per heavy atom. The number of hydrogen-bond donors (Lipinski definition) is 2. The molecule has 2 aromatic rings. The highest BCUT2D eigenvalue weighted by Gasteiger charge is 2.19. The molecule has 2 rings (SSSR count). The maximum absolute atomic E-state index is 11.3. The number of aliphatic hydroxyl groups is 1. The lowest BCUT2D eigenvalue weighted by Crippen LogP contribution is -2.24. The van der Waals surface area contributed by atoms with Gasteiger partial charge < -0.3 is 15.1 Å². The van der Waals surface area contributed by atoms with Crippen LogP contribution in [-0.4, -0.2) is 52.8 Å². The lowest BCUT2D eigenvalue weighted by molar-refractivity contribution is 0.0702. The third-order valence-corrected chi connectivity index (χ3v) is 4.79. The molecule has 5 nitrogen and oxygen atoms in total.